The summed E-state index contributed by atoms with van der Waals surface area (Å²) in [5.74, 6) is 0. The van der Waals surface area contributed by atoms with Gasteiger partial charge in [0.15, 0.2) is 0 Å². The van der Waals surface area contributed by atoms with Crippen molar-refractivity contribution in [3.05, 3.63) is 65.7 Å². The summed E-state index contributed by atoms with van der Waals surface area (Å²) in [6.45, 7) is 7.87. The number of piperidine rings is 1. The molecular weight excluding hydrogens is 318 g/mol. The maximum Gasteiger partial charge on any atom is 0.0314 e. The van der Waals surface area contributed by atoms with Gasteiger partial charge in [-0.2, -0.15) is 0 Å². The molecule has 2 aromatic carbocycles. The molecular formula is C23H33N3. The molecule has 3 heteroatoms. The summed E-state index contributed by atoms with van der Waals surface area (Å²) >= 11 is 0. The fourth-order valence-electron chi connectivity index (χ4n) is 4.03. The Balaban J connectivity index is 1.64. The fraction of sp³-hybridized carbons (Fsp3) is 0.478. The highest BCUT2D eigenvalue weighted by Crippen LogP contribution is 2.35. The number of anilines is 1. The molecule has 1 fully saturated rings. The van der Waals surface area contributed by atoms with Crippen molar-refractivity contribution in [1.82, 2.24) is 10.2 Å². The Bertz CT molecular complexity index is 643. The summed E-state index contributed by atoms with van der Waals surface area (Å²) in [6, 6.07) is 19.3. The Morgan fingerprint density at radius 2 is 1.69 bits per heavy atom. The van der Waals surface area contributed by atoms with Crippen LogP contribution in [0.25, 0.3) is 0 Å². The smallest absolute Gasteiger partial charge is 0.0314 e. The standard InChI is InChI=1S/C23H33N3/c1-2-3-15-26-16-13-23(14-17-26,21-7-5-4-6-8-21)19-25-18-20-9-11-22(24)12-10-20/h4-12,25H,2-3,13-19,24H2,1H3. The lowest BCUT2D eigenvalue weighted by Gasteiger charge is -2.42. The molecule has 0 aromatic heterocycles. The monoisotopic (exact) mass is 351 g/mol. The van der Waals surface area contributed by atoms with E-state index in [2.05, 4.69) is 59.6 Å². The molecule has 3 nitrogen and oxygen atoms in total. The van der Waals surface area contributed by atoms with Gasteiger partial charge in [-0.1, -0.05) is 55.8 Å². The van der Waals surface area contributed by atoms with E-state index in [9.17, 15) is 0 Å². The number of nitrogens with one attached hydrogen (secondary N) is 1. The van der Waals surface area contributed by atoms with Crippen molar-refractivity contribution in [3.8, 4) is 0 Å². The lowest BCUT2D eigenvalue weighted by atomic mass is 9.72. The van der Waals surface area contributed by atoms with E-state index in [1.807, 2.05) is 12.1 Å². The van der Waals surface area contributed by atoms with Gasteiger partial charge in [-0.15, -0.1) is 0 Å². The van der Waals surface area contributed by atoms with Gasteiger partial charge in [-0.3, -0.25) is 0 Å². The first kappa shape index (κ1) is 18.9. The molecule has 1 heterocycles. The number of hydrogen-bond donors (Lipinski definition) is 2. The number of likely N-dealkylation sites (tertiary alicyclic amines) is 1. The van der Waals surface area contributed by atoms with E-state index < -0.39 is 0 Å². The van der Waals surface area contributed by atoms with Gasteiger partial charge < -0.3 is 16.0 Å². The van der Waals surface area contributed by atoms with Crippen molar-refractivity contribution < 1.29 is 0 Å². The second kappa shape index (κ2) is 9.20. The van der Waals surface area contributed by atoms with Crippen molar-refractivity contribution in [2.45, 2.75) is 44.6 Å². The van der Waals surface area contributed by atoms with Gasteiger partial charge in [0.25, 0.3) is 0 Å². The average Bonchev–Trinajstić information content (AvgIpc) is 2.69. The van der Waals surface area contributed by atoms with Crippen LogP contribution in [0.3, 0.4) is 0 Å². The van der Waals surface area contributed by atoms with E-state index in [1.54, 1.807) is 0 Å². The summed E-state index contributed by atoms with van der Waals surface area (Å²) in [6.07, 6.45) is 5.06. The zero-order chi connectivity index (χ0) is 18.2. The molecule has 0 amide bonds. The van der Waals surface area contributed by atoms with E-state index in [0.717, 1.165) is 18.8 Å². The molecule has 0 aliphatic carbocycles. The lowest BCUT2D eigenvalue weighted by Crippen LogP contribution is -2.48. The second-order valence-corrected chi connectivity index (χ2v) is 7.69. The van der Waals surface area contributed by atoms with Gasteiger partial charge in [-0.25, -0.2) is 0 Å². The quantitative estimate of drug-likeness (QED) is 0.701. The number of unbranched alkanes of at least 4 members (excludes halogenated alkanes) is 1. The molecule has 140 valence electrons. The number of benzene rings is 2. The van der Waals surface area contributed by atoms with Crippen LogP contribution < -0.4 is 11.1 Å². The Morgan fingerprint density at radius 3 is 2.35 bits per heavy atom. The number of nitrogens with zero attached hydrogens (tertiary/aromatic N) is 1. The van der Waals surface area contributed by atoms with Crippen LogP contribution in [0.15, 0.2) is 54.6 Å². The summed E-state index contributed by atoms with van der Waals surface area (Å²) in [5, 5.41) is 3.73. The highest BCUT2D eigenvalue weighted by atomic mass is 15.1. The maximum atomic E-state index is 5.79. The Morgan fingerprint density at radius 1 is 1.00 bits per heavy atom. The van der Waals surface area contributed by atoms with Crippen LogP contribution in [0, 0.1) is 0 Å². The summed E-state index contributed by atoms with van der Waals surface area (Å²) < 4.78 is 0. The third kappa shape index (κ3) is 4.87. The number of nitrogens with two attached hydrogens (primary N) is 1. The summed E-state index contributed by atoms with van der Waals surface area (Å²) in [4.78, 5) is 2.64. The van der Waals surface area contributed by atoms with Gasteiger partial charge in [0.05, 0.1) is 0 Å². The van der Waals surface area contributed by atoms with Crippen LogP contribution in [0.1, 0.15) is 43.7 Å². The minimum absolute atomic E-state index is 0.248. The minimum Gasteiger partial charge on any atom is -0.399 e. The first-order valence-electron chi connectivity index (χ1n) is 10.0. The van der Waals surface area contributed by atoms with Gasteiger partial charge in [0.2, 0.25) is 0 Å². The first-order chi connectivity index (χ1) is 12.7. The van der Waals surface area contributed by atoms with E-state index in [4.69, 9.17) is 5.73 Å². The predicted octanol–water partition coefficient (Wildman–Crippen LogP) is 4.19. The van der Waals surface area contributed by atoms with Crippen LogP contribution in [0.2, 0.25) is 0 Å². The number of rotatable bonds is 8. The Hall–Kier alpha value is -1.84. The largest absolute Gasteiger partial charge is 0.399 e. The minimum atomic E-state index is 0.248. The van der Waals surface area contributed by atoms with Crippen molar-refractivity contribution in [1.29, 1.82) is 0 Å². The zero-order valence-electron chi connectivity index (χ0n) is 16.1. The Kier molecular flexibility index (Phi) is 6.70. The van der Waals surface area contributed by atoms with Crippen LogP contribution >= 0.6 is 0 Å². The topological polar surface area (TPSA) is 41.3 Å². The SMILES string of the molecule is CCCCN1CCC(CNCc2ccc(N)cc2)(c2ccccc2)CC1. The number of hydrogen-bond acceptors (Lipinski definition) is 3. The molecule has 3 rings (SSSR count). The average molecular weight is 352 g/mol. The van der Waals surface area contributed by atoms with Crippen molar-refractivity contribution >= 4 is 5.69 Å². The van der Waals surface area contributed by atoms with Crippen molar-refractivity contribution in [2.24, 2.45) is 0 Å². The molecule has 1 aliphatic rings. The molecule has 1 saturated heterocycles. The Labute approximate surface area is 158 Å². The summed E-state index contributed by atoms with van der Waals surface area (Å²) in [7, 11) is 0. The zero-order valence-corrected chi connectivity index (χ0v) is 16.1. The molecule has 0 saturated carbocycles. The van der Waals surface area contributed by atoms with Gasteiger partial charge >= 0.3 is 0 Å². The third-order valence-corrected chi connectivity index (χ3v) is 5.80. The normalized spacial score (nSPS) is 17.3. The van der Waals surface area contributed by atoms with Gasteiger partial charge in [0.1, 0.15) is 0 Å². The van der Waals surface area contributed by atoms with E-state index in [-0.39, 0.29) is 5.41 Å². The first-order valence-corrected chi connectivity index (χ1v) is 10.0. The molecule has 26 heavy (non-hydrogen) atoms. The fourth-order valence-corrected chi connectivity index (χ4v) is 4.03. The summed E-state index contributed by atoms with van der Waals surface area (Å²) in [5.41, 5.74) is 9.65. The van der Waals surface area contributed by atoms with Crippen LogP contribution in [0.5, 0.6) is 0 Å². The molecule has 0 spiro atoms. The second-order valence-electron chi connectivity index (χ2n) is 7.69. The molecule has 3 N–H and O–H groups in total. The van der Waals surface area contributed by atoms with Crippen LogP contribution in [-0.4, -0.2) is 31.1 Å². The molecule has 0 unspecified atom stereocenters. The highest BCUT2D eigenvalue weighted by molar-refractivity contribution is 5.39. The van der Waals surface area contributed by atoms with Crippen LogP contribution in [-0.2, 0) is 12.0 Å². The molecule has 0 atom stereocenters. The maximum absolute atomic E-state index is 5.79. The van der Waals surface area contributed by atoms with E-state index in [1.165, 1.54) is 56.4 Å². The molecule has 2 aromatic rings. The van der Waals surface area contributed by atoms with Crippen molar-refractivity contribution in [3.63, 3.8) is 0 Å². The molecule has 1 aliphatic heterocycles. The van der Waals surface area contributed by atoms with E-state index in [0.29, 0.717) is 0 Å². The lowest BCUT2D eigenvalue weighted by molar-refractivity contribution is 0.154. The van der Waals surface area contributed by atoms with Crippen LogP contribution in [0.4, 0.5) is 5.69 Å². The van der Waals surface area contributed by atoms with Gasteiger partial charge in [0, 0.05) is 24.2 Å². The van der Waals surface area contributed by atoms with Gasteiger partial charge in [-0.05, 0) is 62.2 Å². The predicted molar refractivity (Wildman–Crippen MR) is 111 cm³/mol. The van der Waals surface area contributed by atoms with Crippen molar-refractivity contribution in [2.75, 3.05) is 31.9 Å². The number of nitrogen functional groups attached to an aromatic ring is 1. The molecule has 0 bridgehead atoms. The van der Waals surface area contributed by atoms with E-state index >= 15 is 0 Å². The third-order valence-electron chi connectivity index (χ3n) is 5.80. The highest BCUT2D eigenvalue weighted by Gasteiger charge is 2.35. The molecule has 0 radical (unpaired) electrons.